The number of rotatable bonds is 1. The topological polar surface area (TPSA) is 46.9 Å². The highest BCUT2D eigenvalue weighted by Gasteiger charge is 2.13. The summed E-state index contributed by atoms with van der Waals surface area (Å²) in [7, 11) is 0. The van der Waals surface area contributed by atoms with Crippen LogP contribution in [0.3, 0.4) is 0 Å². The van der Waals surface area contributed by atoms with E-state index in [4.69, 9.17) is 0 Å². The standard InChI is InChI=1S/C10H6BrF2N3O/c11-7-3-6(12)4-8(13)9(7)15-10(17)16-2-1-14-5-16/h1-5H,(H,15,17). The molecule has 2 rings (SSSR count). The number of benzene rings is 1. The lowest BCUT2D eigenvalue weighted by atomic mass is 10.3. The van der Waals surface area contributed by atoms with Gasteiger partial charge in [-0.2, -0.15) is 0 Å². The molecule has 0 saturated heterocycles. The third-order valence-electron chi connectivity index (χ3n) is 1.98. The number of imidazole rings is 1. The minimum atomic E-state index is -0.856. The molecule has 4 nitrogen and oxygen atoms in total. The van der Waals surface area contributed by atoms with Crippen molar-refractivity contribution < 1.29 is 13.6 Å². The first-order valence-corrected chi connectivity index (χ1v) is 5.31. The van der Waals surface area contributed by atoms with Gasteiger partial charge in [-0.15, -0.1) is 0 Å². The number of anilines is 1. The maximum Gasteiger partial charge on any atom is 0.331 e. The van der Waals surface area contributed by atoms with Crippen LogP contribution in [0.2, 0.25) is 0 Å². The molecule has 0 bridgehead atoms. The molecule has 17 heavy (non-hydrogen) atoms. The van der Waals surface area contributed by atoms with Gasteiger partial charge < -0.3 is 5.32 Å². The molecule has 2 aromatic rings. The predicted molar refractivity (Wildman–Crippen MR) is 60.7 cm³/mol. The predicted octanol–water partition coefficient (Wildman–Crippen LogP) is 3.00. The van der Waals surface area contributed by atoms with Crippen LogP contribution >= 0.6 is 15.9 Å². The van der Waals surface area contributed by atoms with E-state index in [0.717, 1.165) is 10.6 Å². The second-order valence-corrected chi connectivity index (χ2v) is 4.00. The molecule has 88 valence electrons. The van der Waals surface area contributed by atoms with Crippen molar-refractivity contribution in [1.29, 1.82) is 0 Å². The summed E-state index contributed by atoms with van der Waals surface area (Å²) in [4.78, 5) is 15.3. The van der Waals surface area contributed by atoms with Crippen LogP contribution in [0.5, 0.6) is 0 Å². The van der Waals surface area contributed by atoms with Crippen LogP contribution < -0.4 is 5.32 Å². The van der Waals surface area contributed by atoms with Crippen LogP contribution in [0.1, 0.15) is 0 Å². The second-order valence-electron chi connectivity index (χ2n) is 3.14. The Morgan fingerprint density at radius 2 is 2.18 bits per heavy atom. The first-order valence-electron chi connectivity index (χ1n) is 4.52. The lowest BCUT2D eigenvalue weighted by Crippen LogP contribution is -2.19. The Bertz CT molecular complexity index is 534. The number of halogens is 3. The molecule has 1 aromatic carbocycles. The molecule has 0 fully saturated rings. The van der Waals surface area contributed by atoms with Crippen molar-refractivity contribution in [3.8, 4) is 0 Å². The zero-order valence-electron chi connectivity index (χ0n) is 8.32. The SMILES string of the molecule is O=C(Nc1c(F)cc(F)cc1Br)n1ccnc1. The molecule has 0 spiro atoms. The summed E-state index contributed by atoms with van der Waals surface area (Å²) < 4.78 is 27.5. The summed E-state index contributed by atoms with van der Waals surface area (Å²) in [5.74, 6) is -1.58. The minimum absolute atomic E-state index is 0.120. The monoisotopic (exact) mass is 301 g/mol. The molecule has 1 heterocycles. The van der Waals surface area contributed by atoms with Gasteiger partial charge in [0.15, 0.2) is 5.82 Å². The van der Waals surface area contributed by atoms with E-state index >= 15 is 0 Å². The van der Waals surface area contributed by atoms with Gasteiger partial charge in [-0.1, -0.05) is 0 Å². The van der Waals surface area contributed by atoms with E-state index in [0.29, 0.717) is 6.07 Å². The maximum atomic E-state index is 13.4. The number of hydrogen-bond donors (Lipinski definition) is 1. The van der Waals surface area contributed by atoms with Gasteiger partial charge >= 0.3 is 6.03 Å². The van der Waals surface area contributed by atoms with E-state index in [1.807, 2.05) is 0 Å². The fraction of sp³-hybridized carbons (Fsp3) is 0. The largest absolute Gasteiger partial charge is 0.331 e. The van der Waals surface area contributed by atoms with E-state index in [-0.39, 0.29) is 10.2 Å². The Morgan fingerprint density at radius 1 is 1.41 bits per heavy atom. The van der Waals surface area contributed by atoms with Crippen LogP contribution in [0.4, 0.5) is 19.3 Å². The second kappa shape index (κ2) is 4.62. The van der Waals surface area contributed by atoms with E-state index in [1.165, 1.54) is 18.7 Å². The van der Waals surface area contributed by atoms with Crippen LogP contribution in [0, 0.1) is 11.6 Å². The van der Waals surface area contributed by atoms with Gasteiger partial charge in [-0.3, -0.25) is 4.57 Å². The van der Waals surface area contributed by atoms with Crippen molar-refractivity contribution >= 4 is 27.6 Å². The van der Waals surface area contributed by atoms with Crippen molar-refractivity contribution in [3.63, 3.8) is 0 Å². The van der Waals surface area contributed by atoms with Crippen molar-refractivity contribution in [2.75, 3.05) is 5.32 Å². The quantitative estimate of drug-likeness (QED) is 0.880. The van der Waals surface area contributed by atoms with E-state index in [9.17, 15) is 13.6 Å². The van der Waals surface area contributed by atoms with Crippen LogP contribution in [0.15, 0.2) is 35.3 Å². The van der Waals surface area contributed by atoms with Gasteiger partial charge in [-0.05, 0) is 22.0 Å². The van der Waals surface area contributed by atoms with Crippen LogP contribution in [0.25, 0.3) is 0 Å². The molecule has 0 unspecified atom stereocenters. The number of carbonyl (C=O) groups is 1. The highest BCUT2D eigenvalue weighted by atomic mass is 79.9. The van der Waals surface area contributed by atoms with Gasteiger partial charge in [0, 0.05) is 22.9 Å². The molecule has 0 aliphatic rings. The maximum absolute atomic E-state index is 13.4. The lowest BCUT2D eigenvalue weighted by molar-refractivity contribution is 0.253. The molecule has 0 aliphatic heterocycles. The lowest BCUT2D eigenvalue weighted by Gasteiger charge is -2.08. The normalized spacial score (nSPS) is 10.3. The number of amides is 1. The van der Waals surface area contributed by atoms with Gasteiger partial charge in [-0.25, -0.2) is 18.6 Å². The van der Waals surface area contributed by atoms with E-state index < -0.39 is 17.7 Å². The third kappa shape index (κ3) is 2.50. The molecule has 0 saturated carbocycles. The average molecular weight is 302 g/mol. The molecule has 0 aliphatic carbocycles. The molecule has 7 heteroatoms. The van der Waals surface area contributed by atoms with E-state index in [2.05, 4.69) is 26.2 Å². The summed E-state index contributed by atoms with van der Waals surface area (Å²) in [5, 5.41) is 2.30. The molecular weight excluding hydrogens is 296 g/mol. The zero-order valence-corrected chi connectivity index (χ0v) is 9.91. The van der Waals surface area contributed by atoms with Gasteiger partial charge in [0.1, 0.15) is 12.1 Å². The van der Waals surface area contributed by atoms with Crippen LogP contribution in [-0.4, -0.2) is 15.6 Å². The van der Waals surface area contributed by atoms with Crippen molar-refractivity contribution in [2.45, 2.75) is 0 Å². The minimum Gasteiger partial charge on any atom is -0.304 e. The van der Waals surface area contributed by atoms with E-state index in [1.54, 1.807) is 0 Å². The average Bonchev–Trinajstić information content (AvgIpc) is 2.76. The first kappa shape index (κ1) is 11.7. The number of hydrogen-bond acceptors (Lipinski definition) is 2. The molecule has 0 atom stereocenters. The summed E-state index contributed by atoms with van der Waals surface area (Å²) >= 11 is 2.97. The number of carbonyl (C=O) groups excluding carboxylic acids is 1. The highest BCUT2D eigenvalue weighted by molar-refractivity contribution is 9.10. The summed E-state index contributed by atoms with van der Waals surface area (Å²) in [6.07, 6.45) is 4.09. The van der Waals surface area contributed by atoms with Gasteiger partial charge in [0.05, 0.1) is 5.69 Å². The number of aromatic nitrogens is 2. The zero-order chi connectivity index (χ0) is 12.4. The first-order chi connectivity index (χ1) is 8.08. The fourth-order valence-electron chi connectivity index (χ4n) is 1.21. The number of nitrogens with one attached hydrogen (secondary N) is 1. The third-order valence-corrected chi connectivity index (χ3v) is 2.60. The molecule has 0 radical (unpaired) electrons. The Labute approximate surface area is 103 Å². The van der Waals surface area contributed by atoms with Crippen molar-refractivity contribution in [2.24, 2.45) is 0 Å². The number of nitrogens with zero attached hydrogens (tertiary/aromatic N) is 2. The summed E-state index contributed by atoms with van der Waals surface area (Å²) in [6, 6.07) is 1.16. The van der Waals surface area contributed by atoms with Crippen molar-refractivity contribution in [1.82, 2.24) is 9.55 Å². The molecular formula is C10H6BrF2N3O. The van der Waals surface area contributed by atoms with Crippen LogP contribution in [-0.2, 0) is 0 Å². The molecule has 1 amide bonds. The van der Waals surface area contributed by atoms with Crippen molar-refractivity contribution in [3.05, 3.63) is 47.0 Å². The fourth-order valence-corrected chi connectivity index (χ4v) is 1.72. The smallest absolute Gasteiger partial charge is 0.304 e. The van der Waals surface area contributed by atoms with Gasteiger partial charge in [0.2, 0.25) is 0 Å². The Hall–Kier alpha value is -1.76. The summed E-state index contributed by atoms with van der Waals surface area (Å²) in [6.45, 7) is 0. The molecule has 1 N–H and O–H groups in total. The Morgan fingerprint density at radius 3 is 2.76 bits per heavy atom. The Kier molecular flexibility index (Phi) is 3.19. The Balaban J connectivity index is 2.28. The van der Waals surface area contributed by atoms with Gasteiger partial charge in [0.25, 0.3) is 0 Å². The highest BCUT2D eigenvalue weighted by Crippen LogP contribution is 2.26. The molecule has 1 aromatic heterocycles. The summed E-state index contributed by atoms with van der Waals surface area (Å²) in [5.41, 5.74) is -0.120.